The molecule has 471 valence electrons. The number of aromatic nitrogens is 8. The van der Waals surface area contributed by atoms with Crippen molar-refractivity contribution in [1.29, 1.82) is 0 Å². The van der Waals surface area contributed by atoms with Crippen molar-refractivity contribution in [3.05, 3.63) is 145 Å². The van der Waals surface area contributed by atoms with E-state index in [1.54, 1.807) is 0 Å². The zero-order chi connectivity index (χ0) is 63.8. The monoisotopic (exact) mass is 1320 g/mol. The summed E-state index contributed by atoms with van der Waals surface area (Å²) in [4.78, 5) is 20.0. The summed E-state index contributed by atoms with van der Waals surface area (Å²) in [6, 6.07) is 23.8. The number of alkyl halides is 20. The fourth-order valence-corrected chi connectivity index (χ4v) is 10.2. The minimum Gasteiger partial charge on any atom is -0.656 e. The second-order valence-electron chi connectivity index (χ2n) is 20.7. The normalized spacial score (nSPS) is 13.5. The SMILES string of the molecule is FC(F)(F)C(F)(F)CCC[n+]1ccccc1-c1c2nc(c(-c3cccc[n+]3CCCC(F)(F)C(F)(F)F)c3ccc([n-]3)c(-c3cccc[n+]3CCCC(F)(F)C(F)(F)F)c3nc(c(-c4cccc[n+]4CCCC(F)(F)C(F)(F)F)c4ccc1[n-]4)C=C3)C=C2.[Mn+2]. The second-order valence-corrected chi connectivity index (χ2v) is 20.7. The van der Waals surface area contributed by atoms with Crippen molar-refractivity contribution < 1.29 is 123 Å². The molecular formula is C60H48F20MnN8+4. The summed E-state index contributed by atoms with van der Waals surface area (Å²) < 4.78 is 281. The molecule has 0 aromatic carbocycles. The van der Waals surface area contributed by atoms with E-state index in [1.165, 1.54) is 164 Å². The van der Waals surface area contributed by atoms with Crippen LogP contribution in [0, 0.1) is 0 Å². The first-order valence-electron chi connectivity index (χ1n) is 27.0. The molecular weight excluding hydrogens is 1270 g/mol. The van der Waals surface area contributed by atoms with Crippen LogP contribution in [0.1, 0.15) is 74.1 Å². The minimum absolute atomic E-state index is 0. The average molecular weight is 1320 g/mol. The maximum absolute atomic E-state index is 14.4. The molecule has 0 saturated carbocycles. The standard InChI is InChI=1S/C60H48F20N8.Mn/c61-53(62,57(69,70)71)25-9-33-85-29-5-1-13-45(85)49-37-17-19-39(81-37)50(46-14-2-6-30-86(46)34-10-26-54(63,64)58(72,73)74)41-21-23-43(83-41)52(48-16-4-8-32-88(48)36-12-28-56(67,68)60(78,79)80)44-24-22-42(84-44)51(40-20-18-38(49)82-40)47-15-3-7-31-87(47)35-11-27-55(65,66)59(75,76)77;/h1-8,13-24,29-32H,9-12,25-28,33-36H2;/q2*+2. The van der Waals surface area contributed by atoms with Crippen molar-refractivity contribution in [3.63, 3.8) is 0 Å². The van der Waals surface area contributed by atoms with Crippen molar-refractivity contribution in [2.24, 2.45) is 0 Å². The van der Waals surface area contributed by atoms with Crippen molar-refractivity contribution in [1.82, 2.24) is 19.9 Å². The predicted octanol–water partition coefficient (Wildman–Crippen LogP) is 15.6. The molecule has 0 atom stereocenters. The Morgan fingerprint density at radius 1 is 0.292 bits per heavy atom. The molecule has 0 spiro atoms. The van der Waals surface area contributed by atoms with Crippen LogP contribution in [0.4, 0.5) is 87.8 Å². The van der Waals surface area contributed by atoms with Crippen LogP contribution in [0.15, 0.2) is 122 Å². The molecule has 0 N–H and O–H groups in total. The van der Waals surface area contributed by atoms with Crippen molar-refractivity contribution in [2.75, 3.05) is 0 Å². The Hall–Kier alpha value is -7.68. The summed E-state index contributed by atoms with van der Waals surface area (Å²) in [6.07, 6.45) is -21.4. The van der Waals surface area contributed by atoms with Gasteiger partial charge in [-0.15, -0.1) is 22.1 Å². The first-order chi connectivity index (χ1) is 41.2. The van der Waals surface area contributed by atoms with E-state index >= 15 is 0 Å². The number of hydrogen-bond acceptors (Lipinski definition) is 2. The number of aryl methyl sites for hydroxylation is 4. The van der Waals surface area contributed by atoms with E-state index in [1.807, 2.05) is 0 Å². The predicted molar refractivity (Wildman–Crippen MR) is 280 cm³/mol. The van der Waals surface area contributed by atoms with E-state index in [9.17, 15) is 87.8 Å². The summed E-state index contributed by atoms with van der Waals surface area (Å²) in [5, 5.41) is 0. The number of pyridine rings is 4. The third-order valence-corrected chi connectivity index (χ3v) is 14.6. The molecule has 8 nitrogen and oxygen atoms in total. The van der Waals surface area contributed by atoms with Gasteiger partial charge in [-0.25, -0.2) is 9.97 Å². The van der Waals surface area contributed by atoms with Gasteiger partial charge >= 0.3 is 65.5 Å². The number of hydrogen-bond donors (Lipinski definition) is 0. The molecule has 9 heterocycles. The third-order valence-electron chi connectivity index (χ3n) is 14.6. The molecule has 0 fully saturated rings. The molecule has 8 bridgehead atoms. The summed E-state index contributed by atoms with van der Waals surface area (Å²) in [5.41, 5.74) is 1.22. The van der Waals surface area contributed by atoms with Gasteiger partial charge in [0.1, 0.15) is 26.2 Å². The fraction of sp³-hybridized carbons (Fsp3) is 0.333. The van der Waals surface area contributed by atoms with Gasteiger partial charge in [0.15, 0.2) is 24.8 Å². The molecule has 0 aliphatic carbocycles. The first kappa shape index (κ1) is 67.3. The number of fused-ring (bicyclic) bond motifs is 8. The van der Waals surface area contributed by atoms with Gasteiger partial charge in [-0.1, -0.05) is 24.3 Å². The van der Waals surface area contributed by atoms with E-state index in [0.717, 1.165) is 0 Å². The molecule has 0 amide bonds. The smallest absolute Gasteiger partial charge is 0.656 e. The summed E-state index contributed by atoms with van der Waals surface area (Å²) in [5.74, 6) is -20.3. The van der Waals surface area contributed by atoms with Gasteiger partial charge in [0, 0.05) is 99.9 Å². The van der Waals surface area contributed by atoms with E-state index in [-0.39, 0.29) is 107 Å². The second kappa shape index (κ2) is 25.7. The van der Waals surface area contributed by atoms with Crippen LogP contribution in [-0.4, -0.2) is 58.4 Å². The molecule has 89 heavy (non-hydrogen) atoms. The third kappa shape index (κ3) is 14.5. The summed E-state index contributed by atoms with van der Waals surface area (Å²) in [6.45, 7) is -1.79. The first-order valence-corrected chi connectivity index (χ1v) is 27.0. The Morgan fingerprint density at radius 2 is 0.494 bits per heavy atom. The largest absolute Gasteiger partial charge is 2.00 e. The van der Waals surface area contributed by atoms with Crippen molar-refractivity contribution >= 4 is 46.4 Å². The quantitative estimate of drug-likeness (QED) is 0.0433. The van der Waals surface area contributed by atoms with Gasteiger partial charge in [-0.3, -0.25) is 0 Å². The average Bonchev–Trinajstić information content (AvgIpc) is 1.73. The maximum Gasteiger partial charge on any atom is 2.00 e. The van der Waals surface area contributed by atoms with Crippen LogP contribution in [0.3, 0.4) is 0 Å². The van der Waals surface area contributed by atoms with Crippen LogP contribution in [0.5, 0.6) is 0 Å². The topological polar surface area (TPSA) is 69.5 Å². The summed E-state index contributed by atoms with van der Waals surface area (Å²) in [7, 11) is 0. The molecule has 0 saturated heterocycles. The fourth-order valence-electron chi connectivity index (χ4n) is 10.2. The zero-order valence-electron chi connectivity index (χ0n) is 45.9. The van der Waals surface area contributed by atoms with E-state index < -0.39 is 126 Å². The number of rotatable bonds is 20. The van der Waals surface area contributed by atoms with Crippen molar-refractivity contribution in [2.45, 2.75) is 126 Å². The van der Waals surface area contributed by atoms with Gasteiger partial charge < -0.3 is 9.97 Å². The number of nitrogens with zero attached hydrogens (tertiary/aromatic N) is 8. The van der Waals surface area contributed by atoms with Gasteiger partial charge in [0.25, 0.3) is 0 Å². The molecule has 2 aliphatic rings. The van der Waals surface area contributed by atoms with Crippen molar-refractivity contribution in [3.8, 4) is 45.0 Å². The Bertz CT molecular complexity index is 3440. The van der Waals surface area contributed by atoms with E-state index in [2.05, 4.69) is 0 Å². The van der Waals surface area contributed by atoms with Crippen LogP contribution in [0.2, 0.25) is 0 Å². The zero-order valence-corrected chi connectivity index (χ0v) is 47.0. The molecule has 1 radical (unpaired) electrons. The Labute approximate surface area is 503 Å². The van der Waals surface area contributed by atoms with Crippen LogP contribution >= 0.6 is 0 Å². The molecule has 7 aromatic rings. The molecule has 0 unspecified atom stereocenters. The van der Waals surface area contributed by atoms with Crippen LogP contribution < -0.4 is 28.2 Å². The van der Waals surface area contributed by atoms with Gasteiger partial charge in [-0.05, 0) is 48.6 Å². The Kier molecular flexibility index (Phi) is 19.4. The van der Waals surface area contributed by atoms with Gasteiger partial charge in [-0.2, -0.15) is 106 Å². The molecule has 2 aliphatic heterocycles. The molecule has 29 heteroatoms. The molecule has 9 rings (SSSR count). The van der Waals surface area contributed by atoms with Crippen LogP contribution in [0.25, 0.3) is 91.4 Å². The minimum atomic E-state index is -5.87. The van der Waals surface area contributed by atoms with E-state index in [4.69, 9.17) is 19.9 Å². The van der Waals surface area contributed by atoms with Gasteiger partial charge in [0.05, 0.1) is 45.0 Å². The Balaban J connectivity index is 0.0000102. The van der Waals surface area contributed by atoms with Crippen LogP contribution in [-0.2, 0) is 43.2 Å². The van der Waals surface area contributed by atoms with Gasteiger partial charge in [0.2, 0.25) is 22.8 Å². The maximum atomic E-state index is 14.4. The molecule has 7 aromatic heterocycles. The Morgan fingerprint density at radius 3 is 0.685 bits per heavy atom. The number of halogens is 20. The van der Waals surface area contributed by atoms with E-state index in [0.29, 0.717) is 0 Å². The summed E-state index contributed by atoms with van der Waals surface area (Å²) >= 11 is 0.